The van der Waals surface area contributed by atoms with Crippen molar-refractivity contribution in [3.63, 3.8) is 0 Å². The molecule has 0 heterocycles. The van der Waals surface area contributed by atoms with Crippen molar-refractivity contribution in [3.8, 4) is 0 Å². The lowest BCUT2D eigenvalue weighted by Gasteiger charge is -2.25. The fourth-order valence-electron chi connectivity index (χ4n) is 2.79. The van der Waals surface area contributed by atoms with Crippen molar-refractivity contribution in [2.75, 3.05) is 6.61 Å². The van der Waals surface area contributed by atoms with Crippen molar-refractivity contribution in [2.24, 2.45) is 5.92 Å². The molecular formula is C20H15ClF3IO4. The second-order valence-electron chi connectivity index (χ2n) is 6.00. The van der Waals surface area contributed by atoms with E-state index in [9.17, 15) is 27.6 Å². The summed E-state index contributed by atoms with van der Waals surface area (Å²) in [6.07, 6.45) is -5.32. The minimum atomic E-state index is -5.32. The molecule has 0 aliphatic heterocycles. The molecule has 0 aliphatic rings. The van der Waals surface area contributed by atoms with Gasteiger partial charge in [0.15, 0.2) is 5.78 Å². The minimum Gasteiger partial charge on any atom is -0.465 e. The molecule has 0 aromatic heterocycles. The first kappa shape index (κ1) is 23.3. The van der Waals surface area contributed by atoms with Gasteiger partial charge in [0.05, 0.1) is 12.5 Å². The number of benzene rings is 2. The van der Waals surface area contributed by atoms with Crippen LogP contribution in [-0.4, -0.2) is 30.3 Å². The highest BCUT2D eigenvalue weighted by Crippen LogP contribution is 2.36. The SMILES string of the molecule is CCOC(=O)C(C(=O)C(F)(F)F)C(C(=O)c1ccc(Cl)cc1)c1cccc(I)c1. The van der Waals surface area contributed by atoms with Gasteiger partial charge in [0.1, 0.15) is 5.92 Å². The molecule has 2 atom stereocenters. The molecule has 0 aliphatic carbocycles. The molecule has 0 saturated heterocycles. The topological polar surface area (TPSA) is 60.4 Å². The number of hydrogen-bond donors (Lipinski definition) is 0. The van der Waals surface area contributed by atoms with Gasteiger partial charge in [0.25, 0.3) is 5.78 Å². The predicted molar refractivity (Wildman–Crippen MR) is 109 cm³/mol. The number of halogens is 5. The van der Waals surface area contributed by atoms with Gasteiger partial charge in [-0.2, -0.15) is 13.2 Å². The van der Waals surface area contributed by atoms with E-state index < -0.39 is 35.5 Å². The second-order valence-corrected chi connectivity index (χ2v) is 7.68. The highest BCUT2D eigenvalue weighted by Gasteiger charge is 2.52. The molecule has 2 aromatic rings. The number of ketones is 2. The van der Waals surface area contributed by atoms with Gasteiger partial charge < -0.3 is 4.74 Å². The molecule has 2 aromatic carbocycles. The fourth-order valence-corrected chi connectivity index (χ4v) is 3.48. The minimum absolute atomic E-state index is 0.0162. The Morgan fingerprint density at radius 3 is 2.24 bits per heavy atom. The number of carbonyl (C=O) groups is 3. The Hall–Kier alpha value is -1.94. The highest BCUT2D eigenvalue weighted by atomic mass is 127. The molecule has 0 spiro atoms. The van der Waals surface area contributed by atoms with Crippen molar-refractivity contribution in [2.45, 2.75) is 19.0 Å². The van der Waals surface area contributed by atoms with E-state index in [2.05, 4.69) is 0 Å². The number of carbonyl (C=O) groups excluding carboxylic acids is 3. The van der Waals surface area contributed by atoms with Crippen LogP contribution < -0.4 is 0 Å². The molecule has 0 radical (unpaired) electrons. The maximum Gasteiger partial charge on any atom is 0.450 e. The molecule has 2 rings (SSSR count). The van der Waals surface area contributed by atoms with E-state index in [1.54, 1.807) is 6.07 Å². The molecule has 0 bridgehead atoms. The molecule has 0 N–H and O–H groups in total. The lowest BCUT2D eigenvalue weighted by Crippen LogP contribution is -2.42. The van der Waals surface area contributed by atoms with Gasteiger partial charge in [-0.3, -0.25) is 14.4 Å². The van der Waals surface area contributed by atoms with Crippen molar-refractivity contribution in [1.82, 2.24) is 0 Å². The van der Waals surface area contributed by atoms with E-state index in [0.29, 0.717) is 8.59 Å². The van der Waals surface area contributed by atoms with Crippen LogP contribution in [-0.2, 0) is 14.3 Å². The van der Waals surface area contributed by atoms with E-state index in [1.807, 2.05) is 22.6 Å². The lowest BCUT2D eigenvalue weighted by atomic mass is 9.78. The van der Waals surface area contributed by atoms with E-state index >= 15 is 0 Å². The first-order valence-electron chi connectivity index (χ1n) is 8.39. The third-order valence-electron chi connectivity index (χ3n) is 4.05. The monoisotopic (exact) mass is 538 g/mol. The zero-order chi connectivity index (χ0) is 21.8. The second kappa shape index (κ2) is 9.71. The maximum absolute atomic E-state index is 13.3. The highest BCUT2D eigenvalue weighted by molar-refractivity contribution is 14.1. The van der Waals surface area contributed by atoms with Gasteiger partial charge in [-0.25, -0.2) is 0 Å². The summed E-state index contributed by atoms with van der Waals surface area (Å²) in [6, 6.07) is 11.5. The molecule has 0 amide bonds. The molecule has 0 saturated carbocycles. The Balaban J connectivity index is 2.67. The van der Waals surface area contributed by atoms with Crippen LogP contribution in [0.5, 0.6) is 0 Å². The van der Waals surface area contributed by atoms with Gasteiger partial charge in [0, 0.05) is 14.2 Å². The molecular weight excluding hydrogens is 524 g/mol. The summed E-state index contributed by atoms with van der Waals surface area (Å²) in [5.74, 6) is -8.63. The summed E-state index contributed by atoms with van der Waals surface area (Å²) in [7, 11) is 0. The summed E-state index contributed by atoms with van der Waals surface area (Å²) in [4.78, 5) is 37.7. The number of ether oxygens (including phenoxy) is 1. The predicted octanol–water partition coefficient (Wildman–Crippen LogP) is 5.22. The lowest BCUT2D eigenvalue weighted by molar-refractivity contribution is -0.181. The Bertz CT molecular complexity index is 913. The Morgan fingerprint density at radius 1 is 1.10 bits per heavy atom. The zero-order valence-electron chi connectivity index (χ0n) is 15.0. The van der Waals surface area contributed by atoms with Crippen LogP contribution in [0, 0.1) is 9.49 Å². The molecule has 29 heavy (non-hydrogen) atoms. The normalized spacial score (nSPS) is 13.4. The summed E-state index contributed by atoms with van der Waals surface area (Å²) in [5, 5.41) is 0.320. The Morgan fingerprint density at radius 2 is 1.72 bits per heavy atom. The van der Waals surface area contributed by atoms with Crippen molar-refractivity contribution in [3.05, 3.63) is 68.3 Å². The molecule has 2 unspecified atom stereocenters. The van der Waals surface area contributed by atoms with Crippen LogP contribution in [0.15, 0.2) is 48.5 Å². The number of rotatable bonds is 7. The van der Waals surface area contributed by atoms with E-state index in [0.717, 1.165) is 0 Å². The standard InChI is InChI=1S/C20H15ClF3IO4/c1-2-29-19(28)16(18(27)20(22,23)24)15(12-4-3-5-14(25)10-12)17(26)11-6-8-13(21)9-7-11/h3-10,15-16H,2H2,1H3. The smallest absolute Gasteiger partial charge is 0.450 e. The van der Waals surface area contributed by atoms with Gasteiger partial charge >= 0.3 is 12.1 Å². The van der Waals surface area contributed by atoms with Crippen LogP contribution in [0.2, 0.25) is 5.02 Å². The summed E-state index contributed by atoms with van der Waals surface area (Å²) in [6.45, 7) is 1.16. The first-order chi connectivity index (χ1) is 13.6. The Labute approximate surface area is 183 Å². The van der Waals surface area contributed by atoms with Crippen molar-refractivity contribution >= 4 is 51.7 Å². The van der Waals surface area contributed by atoms with Crippen LogP contribution in [0.4, 0.5) is 13.2 Å². The third-order valence-corrected chi connectivity index (χ3v) is 4.98. The fraction of sp³-hybridized carbons (Fsp3) is 0.250. The van der Waals surface area contributed by atoms with Gasteiger partial charge in [-0.15, -0.1) is 0 Å². The zero-order valence-corrected chi connectivity index (χ0v) is 17.9. The number of Topliss-reactive ketones (excluding diaryl/α,β-unsaturated/α-hetero) is 2. The number of alkyl halides is 3. The first-order valence-corrected chi connectivity index (χ1v) is 9.84. The van der Waals surface area contributed by atoms with Gasteiger partial charge in [-0.05, 0) is 71.5 Å². The molecule has 0 fully saturated rings. The van der Waals surface area contributed by atoms with Crippen molar-refractivity contribution in [1.29, 1.82) is 0 Å². The van der Waals surface area contributed by atoms with E-state index in [4.69, 9.17) is 16.3 Å². The quantitative estimate of drug-likeness (QED) is 0.210. The average Bonchev–Trinajstić information content (AvgIpc) is 2.65. The van der Waals surface area contributed by atoms with Crippen LogP contribution >= 0.6 is 34.2 Å². The summed E-state index contributed by atoms with van der Waals surface area (Å²) < 4.78 is 45.2. The molecule has 9 heteroatoms. The van der Waals surface area contributed by atoms with Crippen LogP contribution in [0.3, 0.4) is 0 Å². The van der Waals surface area contributed by atoms with Crippen LogP contribution in [0.25, 0.3) is 0 Å². The van der Waals surface area contributed by atoms with Crippen molar-refractivity contribution < 1.29 is 32.3 Å². The number of hydrogen-bond acceptors (Lipinski definition) is 4. The molecule has 4 nitrogen and oxygen atoms in total. The molecule has 154 valence electrons. The summed E-state index contributed by atoms with van der Waals surface area (Å²) >= 11 is 7.73. The van der Waals surface area contributed by atoms with Gasteiger partial charge in [-0.1, -0.05) is 23.7 Å². The van der Waals surface area contributed by atoms with Crippen LogP contribution in [0.1, 0.15) is 28.8 Å². The van der Waals surface area contributed by atoms with Gasteiger partial charge in [0.2, 0.25) is 0 Å². The third kappa shape index (κ3) is 5.79. The maximum atomic E-state index is 13.3. The number of esters is 1. The largest absolute Gasteiger partial charge is 0.465 e. The summed E-state index contributed by atoms with van der Waals surface area (Å²) in [5.41, 5.74) is 0.120. The van der Waals surface area contributed by atoms with E-state index in [1.165, 1.54) is 49.4 Å². The average molecular weight is 539 g/mol. The van der Waals surface area contributed by atoms with E-state index in [-0.39, 0.29) is 17.7 Å². The Kier molecular flexibility index (Phi) is 7.81.